The van der Waals surface area contributed by atoms with Crippen LogP contribution in [0.2, 0.25) is 0 Å². The van der Waals surface area contributed by atoms with E-state index >= 15 is 0 Å². The number of nitro groups is 1. The summed E-state index contributed by atoms with van der Waals surface area (Å²) in [5, 5.41) is 12.0. The minimum absolute atomic E-state index is 0.171. The van der Waals surface area contributed by atoms with Crippen molar-refractivity contribution in [3.8, 4) is 0 Å². The van der Waals surface area contributed by atoms with Crippen molar-refractivity contribution >= 4 is 16.6 Å². The lowest BCUT2D eigenvalue weighted by molar-refractivity contribution is -0.383. The van der Waals surface area contributed by atoms with Crippen LogP contribution in [-0.4, -0.2) is 9.91 Å². The molecule has 2 unspecified atom stereocenters. The topological polar surface area (TPSA) is 58.9 Å². The Balaban J connectivity index is 2.10. The first-order valence-corrected chi connectivity index (χ1v) is 6.41. The first-order chi connectivity index (χ1) is 8.66. The number of rotatable bonds is 2. The third-order valence-electron chi connectivity index (χ3n) is 4.06. The molecule has 2 aromatic rings. The maximum atomic E-state index is 11.0. The fourth-order valence-corrected chi connectivity index (χ4v) is 3.14. The summed E-state index contributed by atoms with van der Waals surface area (Å²) in [7, 11) is 0. The van der Waals surface area contributed by atoms with Gasteiger partial charge < -0.3 is 4.98 Å². The molecule has 0 radical (unpaired) electrons. The Kier molecular flexibility index (Phi) is 2.58. The summed E-state index contributed by atoms with van der Waals surface area (Å²) in [4.78, 5) is 13.8. The maximum Gasteiger partial charge on any atom is 0.293 e. The Morgan fingerprint density at radius 2 is 2.22 bits per heavy atom. The van der Waals surface area contributed by atoms with Crippen molar-refractivity contribution in [2.24, 2.45) is 5.92 Å². The number of nitro benzene ring substituents is 1. The van der Waals surface area contributed by atoms with Gasteiger partial charge in [0.15, 0.2) is 0 Å². The molecule has 1 aromatic carbocycles. The van der Waals surface area contributed by atoms with Crippen LogP contribution in [0.1, 0.15) is 37.7 Å². The van der Waals surface area contributed by atoms with Gasteiger partial charge in [-0.05, 0) is 30.2 Å². The van der Waals surface area contributed by atoms with Crippen LogP contribution in [0, 0.1) is 16.0 Å². The molecule has 1 saturated carbocycles. The molecule has 0 amide bonds. The lowest BCUT2D eigenvalue weighted by atomic mass is 9.96. The van der Waals surface area contributed by atoms with Gasteiger partial charge >= 0.3 is 0 Å². The number of benzene rings is 1. The monoisotopic (exact) mass is 244 g/mol. The number of aromatic amines is 1. The van der Waals surface area contributed by atoms with Crippen molar-refractivity contribution in [1.29, 1.82) is 0 Å². The van der Waals surface area contributed by atoms with Crippen LogP contribution in [-0.2, 0) is 0 Å². The lowest BCUT2D eigenvalue weighted by Gasteiger charge is -2.07. The van der Waals surface area contributed by atoms with Gasteiger partial charge in [0.05, 0.1) is 4.92 Å². The van der Waals surface area contributed by atoms with Gasteiger partial charge in [0.1, 0.15) is 5.52 Å². The number of fused-ring (bicyclic) bond motifs is 1. The van der Waals surface area contributed by atoms with Crippen LogP contribution < -0.4 is 0 Å². The molecule has 0 aliphatic heterocycles. The van der Waals surface area contributed by atoms with Gasteiger partial charge in [-0.15, -0.1) is 0 Å². The van der Waals surface area contributed by atoms with Gasteiger partial charge in [-0.3, -0.25) is 10.1 Å². The van der Waals surface area contributed by atoms with Crippen molar-refractivity contribution in [3.63, 3.8) is 0 Å². The summed E-state index contributed by atoms with van der Waals surface area (Å²) in [6.45, 7) is 2.28. The zero-order valence-corrected chi connectivity index (χ0v) is 10.3. The summed E-state index contributed by atoms with van der Waals surface area (Å²) in [5.74, 6) is 1.31. The smallest absolute Gasteiger partial charge is 0.293 e. The number of non-ortho nitro benzene ring substituents is 1. The van der Waals surface area contributed by atoms with Crippen molar-refractivity contribution in [2.75, 3.05) is 0 Å². The highest BCUT2D eigenvalue weighted by molar-refractivity contribution is 5.91. The molecule has 4 nitrogen and oxygen atoms in total. The van der Waals surface area contributed by atoms with Crippen LogP contribution in [0.15, 0.2) is 24.4 Å². The Morgan fingerprint density at radius 3 is 2.89 bits per heavy atom. The van der Waals surface area contributed by atoms with Crippen molar-refractivity contribution in [1.82, 2.24) is 4.98 Å². The summed E-state index contributed by atoms with van der Waals surface area (Å²) >= 11 is 0. The molecule has 1 aliphatic carbocycles. The van der Waals surface area contributed by atoms with Crippen LogP contribution >= 0.6 is 0 Å². The molecular formula is C14H16N2O2. The fourth-order valence-electron chi connectivity index (χ4n) is 3.14. The van der Waals surface area contributed by atoms with E-state index in [2.05, 4.69) is 11.9 Å². The van der Waals surface area contributed by atoms with E-state index in [0.717, 1.165) is 11.3 Å². The highest BCUT2D eigenvalue weighted by atomic mass is 16.6. The minimum atomic E-state index is -0.320. The first kappa shape index (κ1) is 11.3. The molecule has 0 saturated heterocycles. The van der Waals surface area contributed by atoms with Crippen molar-refractivity contribution in [3.05, 3.63) is 40.1 Å². The van der Waals surface area contributed by atoms with E-state index in [1.54, 1.807) is 12.1 Å². The maximum absolute atomic E-state index is 11.0. The number of para-hydroxylation sites is 1. The molecular weight excluding hydrogens is 228 g/mol. The zero-order chi connectivity index (χ0) is 12.7. The average molecular weight is 244 g/mol. The average Bonchev–Trinajstić information content (AvgIpc) is 2.93. The summed E-state index contributed by atoms with van der Waals surface area (Å²) in [6, 6.07) is 5.31. The molecule has 0 spiro atoms. The van der Waals surface area contributed by atoms with Crippen LogP contribution in [0.3, 0.4) is 0 Å². The van der Waals surface area contributed by atoms with E-state index in [1.807, 2.05) is 12.3 Å². The molecule has 94 valence electrons. The van der Waals surface area contributed by atoms with E-state index in [9.17, 15) is 10.1 Å². The van der Waals surface area contributed by atoms with Gasteiger partial charge in [-0.25, -0.2) is 0 Å². The summed E-state index contributed by atoms with van der Waals surface area (Å²) < 4.78 is 0. The van der Waals surface area contributed by atoms with Gasteiger partial charge in [0.25, 0.3) is 5.69 Å². The van der Waals surface area contributed by atoms with Crippen LogP contribution in [0.5, 0.6) is 0 Å². The number of hydrogen-bond acceptors (Lipinski definition) is 2. The fraction of sp³-hybridized carbons (Fsp3) is 0.429. The number of nitrogens with zero attached hydrogens (tertiary/aromatic N) is 1. The lowest BCUT2D eigenvalue weighted by Crippen LogP contribution is -1.92. The molecule has 1 heterocycles. The number of aromatic nitrogens is 1. The predicted octanol–water partition coefficient (Wildman–Crippen LogP) is 3.98. The Hall–Kier alpha value is -1.84. The molecule has 1 aromatic heterocycles. The van der Waals surface area contributed by atoms with Crippen LogP contribution in [0.25, 0.3) is 10.9 Å². The largest absolute Gasteiger partial charge is 0.355 e. The van der Waals surface area contributed by atoms with E-state index < -0.39 is 0 Å². The Morgan fingerprint density at radius 1 is 1.39 bits per heavy atom. The highest BCUT2D eigenvalue weighted by Crippen LogP contribution is 2.41. The molecule has 1 aliphatic rings. The summed E-state index contributed by atoms with van der Waals surface area (Å²) in [6.07, 6.45) is 5.60. The van der Waals surface area contributed by atoms with Gasteiger partial charge in [-0.1, -0.05) is 25.5 Å². The number of H-pyrrole nitrogens is 1. The van der Waals surface area contributed by atoms with Gasteiger partial charge in [0, 0.05) is 17.6 Å². The van der Waals surface area contributed by atoms with Crippen molar-refractivity contribution < 1.29 is 4.92 Å². The van der Waals surface area contributed by atoms with E-state index in [4.69, 9.17) is 0 Å². The zero-order valence-electron chi connectivity index (χ0n) is 10.3. The normalized spacial score (nSPS) is 23.6. The van der Waals surface area contributed by atoms with Crippen molar-refractivity contribution in [2.45, 2.75) is 32.1 Å². The molecule has 18 heavy (non-hydrogen) atoms. The molecule has 4 heteroatoms. The SMILES string of the molecule is CC1CCC(c2c[nH]c3c([N+](=O)[O-])cccc23)C1. The Labute approximate surface area is 105 Å². The second-order valence-corrected chi connectivity index (χ2v) is 5.32. The summed E-state index contributed by atoms with van der Waals surface area (Å²) in [5.41, 5.74) is 2.08. The molecule has 2 atom stereocenters. The van der Waals surface area contributed by atoms with E-state index in [1.165, 1.54) is 24.8 Å². The predicted molar refractivity (Wildman–Crippen MR) is 70.7 cm³/mol. The second kappa shape index (κ2) is 4.12. The quantitative estimate of drug-likeness (QED) is 0.641. The second-order valence-electron chi connectivity index (χ2n) is 5.32. The molecule has 1 N–H and O–H groups in total. The number of hydrogen-bond donors (Lipinski definition) is 1. The molecule has 1 fully saturated rings. The number of nitrogens with one attached hydrogen (secondary N) is 1. The Bertz CT molecular complexity index is 603. The molecule has 0 bridgehead atoms. The van der Waals surface area contributed by atoms with Crippen LogP contribution in [0.4, 0.5) is 5.69 Å². The van der Waals surface area contributed by atoms with Gasteiger partial charge in [-0.2, -0.15) is 0 Å². The standard InChI is InChI=1S/C14H16N2O2/c1-9-5-6-10(7-9)12-8-15-14-11(12)3-2-4-13(14)16(17)18/h2-4,8-10,15H,5-7H2,1H3. The third-order valence-corrected chi connectivity index (χ3v) is 4.06. The molecule has 3 rings (SSSR count). The highest BCUT2D eigenvalue weighted by Gasteiger charge is 2.26. The minimum Gasteiger partial charge on any atom is -0.355 e. The van der Waals surface area contributed by atoms with E-state index in [0.29, 0.717) is 11.4 Å². The van der Waals surface area contributed by atoms with Gasteiger partial charge in [0.2, 0.25) is 0 Å². The first-order valence-electron chi connectivity index (χ1n) is 6.41. The van der Waals surface area contributed by atoms with E-state index in [-0.39, 0.29) is 10.6 Å². The third kappa shape index (κ3) is 1.68.